The normalized spacial score (nSPS) is 21.8. The first-order chi connectivity index (χ1) is 11.1. The summed E-state index contributed by atoms with van der Waals surface area (Å²) < 4.78 is 7.30. The standard InChI is InChI=1S/C17H27N5O/c1-5-15-19-17(23-21-15)12-6-8-13(9-7-12)18-14-10-22(4)20-16(14)11(2)3/h10-13,18H,5-9H2,1-4H3. The van der Waals surface area contributed by atoms with Crippen LogP contribution in [0, 0.1) is 0 Å². The Hall–Kier alpha value is -1.85. The Morgan fingerprint density at radius 3 is 2.65 bits per heavy atom. The van der Waals surface area contributed by atoms with Crippen LogP contribution in [0.2, 0.25) is 0 Å². The van der Waals surface area contributed by atoms with Crippen molar-refractivity contribution in [2.24, 2.45) is 7.05 Å². The van der Waals surface area contributed by atoms with Crippen molar-refractivity contribution in [2.75, 3.05) is 5.32 Å². The molecule has 2 aromatic rings. The van der Waals surface area contributed by atoms with E-state index in [0.717, 1.165) is 49.5 Å². The molecule has 23 heavy (non-hydrogen) atoms. The van der Waals surface area contributed by atoms with Crippen LogP contribution in [-0.2, 0) is 13.5 Å². The van der Waals surface area contributed by atoms with Crippen molar-refractivity contribution >= 4 is 5.69 Å². The maximum atomic E-state index is 5.41. The summed E-state index contributed by atoms with van der Waals surface area (Å²) in [4.78, 5) is 4.49. The van der Waals surface area contributed by atoms with E-state index < -0.39 is 0 Å². The van der Waals surface area contributed by atoms with Gasteiger partial charge in [0.15, 0.2) is 5.82 Å². The fourth-order valence-corrected chi connectivity index (χ4v) is 3.32. The molecule has 0 aliphatic heterocycles. The summed E-state index contributed by atoms with van der Waals surface area (Å²) >= 11 is 0. The molecule has 0 radical (unpaired) electrons. The van der Waals surface area contributed by atoms with Crippen LogP contribution in [-0.4, -0.2) is 26.0 Å². The summed E-state index contributed by atoms with van der Waals surface area (Å²) in [6.45, 7) is 6.42. The molecule has 0 aromatic carbocycles. The molecule has 0 spiro atoms. The van der Waals surface area contributed by atoms with E-state index in [1.54, 1.807) is 0 Å². The Bertz CT molecular complexity index is 637. The molecule has 2 aromatic heterocycles. The largest absolute Gasteiger partial charge is 0.380 e. The highest BCUT2D eigenvalue weighted by Crippen LogP contribution is 2.34. The van der Waals surface area contributed by atoms with Crippen LogP contribution in [0.1, 0.15) is 75.7 Å². The highest BCUT2D eigenvalue weighted by molar-refractivity contribution is 5.48. The van der Waals surface area contributed by atoms with Crippen molar-refractivity contribution in [2.45, 2.75) is 70.8 Å². The number of rotatable bonds is 5. The Labute approximate surface area is 137 Å². The Morgan fingerprint density at radius 2 is 2.04 bits per heavy atom. The molecule has 0 atom stereocenters. The van der Waals surface area contributed by atoms with Gasteiger partial charge in [-0.3, -0.25) is 4.68 Å². The number of nitrogens with zero attached hydrogens (tertiary/aromatic N) is 4. The van der Waals surface area contributed by atoms with Gasteiger partial charge in [0.2, 0.25) is 5.89 Å². The lowest BCUT2D eigenvalue weighted by Gasteiger charge is -2.28. The first-order valence-electron chi connectivity index (χ1n) is 8.69. The lowest BCUT2D eigenvalue weighted by atomic mass is 9.86. The third-order valence-electron chi connectivity index (χ3n) is 4.64. The first kappa shape index (κ1) is 16.0. The van der Waals surface area contributed by atoms with E-state index >= 15 is 0 Å². The van der Waals surface area contributed by atoms with E-state index in [0.29, 0.717) is 17.9 Å². The van der Waals surface area contributed by atoms with Crippen LogP contribution in [0.4, 0.5) is 5.69 Å². The number of hydrogen-bond donors (Lipinski definition) is 1. The lowest BCUT2D eigenvalue weighted by molar-refractivity contribution is 0.304. The van der Waals surface area contributed by atoms with Gasteiger partial charge in [0.05, 0.1) is 11.4 Å². The van der Waals surface area contributed by atoms with Crippen molar-refractivity contribution in [1.29, 1.82) is 0 Å². The average Bonchev–Trinajstić information content (AvgIpc) is 3.15. The SMILES string of the molecule is CCc1noc(C2CCC(Nc3cn(C)nc3C(C)C)CC2)n1. The van der Waals surface area contributed by atoms with Crippen molar-refractivity contribution in [3.05, 3.63) is 23.6 Å². The zero-order chi connectivity index (χ0) is 16.4. The second kappa shape index (κ2) is 6.72. The predicted octanol–water partition coefficient (Wildman–Crippen LogP) is 3.63. The van der Waals surface area contributed by atoms with E-state index in [4.69, 9.17) is 4.52 Å². The fourth-order valence-electron chi connectivity index (χ4n) is 3.32. The lowest BCUT2D eigenvalue weighted by Crippen LogP contribution is -2.26. The Kier molecular flexibility index (Phi) is 4.68. The number of anilines is 1. The molecule has 1 N–H and O–H groups in total. The highest BCUT2D eigenvalue weighted by Gasteiger charge is 2.27. The third kappa shape index (κ3) is 3.57. The van der Waals surface area contributed by atoms with E-state index in [-0.39, 0.29) is 0 Å². The molecule has 0 amide bonds. The van der Waals surface area contributed by atoms with Gasteiger partial charge in [-0.05, 0) is 31.6 Å². The van der Waals surface area contributed by atoms with Crippen molar-refractivity contribution in [3.8, 4) is 0 Å². The van der Waals surface area contributed by atoms with E-state index in [1.807, 2.05) is 11.7 Å². The minimum Gasteiger partial charge on any atom is -0.380 e. The van der Waals surface area contributed by atoms with Gasteiger partial charge in [-0.2, -0.15) is 10.1 Å². The van der Waals surface area contributed by atoms with Gasteiger partial charge >= 0.3 is 0 Å². The Balaban J connectivity index is 1.59. The first-order valence-corrected chi connectivity index (χ1v) is 8.69. The third-order valence-corrected chi connectivity index (χ3v) is 4.64. The molecule has 1 aliphatic carbocycles. The molecule has 126 valence electrons. The minimum absolute atomic E-state index is 0.416. The second-order valence-electron chi connectivity index (χ2n) is 6.85. The summed E-state index contributed by atoms with van der Waals surface area (Å²) in [5.41, 5.74) is 2.33. The number of aryl methyl sites for hydroxylation is 2. The molecule has 0 unspecified atom stereocenters. The summed E-state index contributed by atoms with van der Waals surface area (Å²) in [5, 5.41) is 12.3. The Morgan fingerprint density at radius 1 is 1.30 bits per heavy atom. The van der Waals surface area contributed by atoms with E-state index in [1.165, 1.54) is 5.69 Å². The topological polar surface area (TPSA) is 68.8 Å². The van der Waals surface area contributed by atoms with Crippen molar-refractivity contribution < 1.29 is 4.52 Å². The summed E-state index contributed by atoms with van der Waals surface area (Å²) in [6, 6.07) is 0.501. The van der Waals surface area contributed by atoms with Crippen LogP contribution in [0.25, 0.3) is 0 Å². The van der Waals surface area contributed by atoms with Gasteiger partial charge in [-0.15, -0.1) is 0 Å². The van der Waals surface area contributed by atoms with Gasteiger partial charge in [-0.1, -0.05) is 25.9 Å². The zero-order valence-corrected chi connectivity index (χ0v) is 14.5. The van der Waals surface area contributed by atoms with Crippen LogP contribution in [0.3, 0.4) is 0 Å². The van der Waals surface area contributed by atoms with Crippen molar-refractivity contribution in [1.82, 2.24) is 19.9 Å². The van der Waals surface area contributed by atoms with E-state index in [9.17, 15) is 0 Å². The summed E-state index contributed by atoms with van der Waals surface area (Å²) in [7, 11) is 1.98. The fraction of sp³-hybridized carbons (Fsp3) is 0.706. The number of aromatic nitrogens is 4. The molecule has 1 fully saturated rings. The van der Waals surface area contributed by atoms with Gasteiger partial charge in [0.1, 0.15) is 0 Å². The van der Waals surface area contributed by atoms with E-state index in [2.05, 4.69) is 47.5 Å². The van der Waals surface area contributed by atoms with Crippen LogP contribution in [0.5, 0.6) is 0 Å². The maximum absolute atomic E-state index is 5.41. The summed E-state index contributed by atoms with van der Waals surface area (Å²) in [5.74, 6) is 2.49. The van der Waals surface area contributed by atoms with Crippen molar-refractivity contribution in [3.63, 3.8) is 0 Å². The van der Waals surface area contributed by atoms with Gasteiger partial charge < -0.3 is 9.84 Å². The van der Waals surface area contributed by atoms with Gasteiger partial charge in [0.25, 0.3) is 0 Å². The second-order valence-corrected chi connectivity index (χ2v) is 6.85. The molecule has 6 nitrogen and oxygen atoms in total. The molecule has 3 rings (SSSR count). The zero-order valence-electron chi connectivity index (χ0n) is 14.5. The van der Waals surface area contributed by atoms with Gasteiger partial charge in [-0.25, -0.2) is 0 Å². The molecule has 1 saturated carbocycles. The number of nitrogens with one attached hydrogen (secondary N) is 1. The van der Waals surface area contributed by atoms with Gasteiger partial charge in [0, 0.05) is 31.6 Å². The molecule has 0 bridgehead atoms. The number of hydrogen-bond acceptors (Lipinski definition) is 5. The average molecular weight is 317 g/mol. The molecular weight excluding hydrogens is 290 g/mol. The van der Waals surface area contributed by atoms with Crippen LogP contribution >= 0.6 is 0 Å². The monoisotopic (exact) mass is 317 g/mol. The molecule has 1 aliphatic rings. The predicted molar refractivity (Wildman–Crippen MR) is 89.6 cm³/mol. The quantitative estimate of drug-likeness (QED) is 0.912. The van der Waals surface area contributed by atoms with Crippen LogP contribution in [0.15, 0.2) is 10.7 Å². The molecule has 0 saturated heterocycles. The highest BCUT2D eigenvalue weighted by atomic mass is 16.5. The molecular formula is C17H27N5O. The molecule has 2 heterocycles. The minimum atomic E-state index is 0.416. The summed E-state index contributed by atoms with van der Waals surface area (Å²) in [6.07, 6.45) is 7.37. The van der Waals surface area contributed by atoms with Crippen LogP contribution < -0.4 is 5.32 Å². The smallest absolute Gasteiger partial charge is 0.229 e. The maximum Gasteiger partial charge on any atom is 0.229 e. The molecule has 6 heteroatoms.